The molecule has 25 heavy (non-hydrogen) atoms. The maximum Gasteiger partial charge on any atom is 0.108 e. The van der Waals surface area contributed by atoms with Crippen molar-refractivity contribution >= 4 is 68.2 Å². The molecule has 0 spiro atoms. The molecule has 0 atom stereocenters. The van der Waals surface area contributed by atoms with Gasteiger partial charge in [0.2, 0.25) is 0 Å². The summed E-state index contributed by atoms with van der Waals surface area (Å²) >= 11 is 5.24. The summed E-state index contributed by atoms with van der Waals surface area (Å²) < 4.78 is 2.33. The Morgan fingerprint density at radius 1 is 0.640 bits per heavy atom. The topological polar surface area (TPSA) is 25.8 Å². The van der Waals surface area contributed by atoms with E-state index in [1.165, 1.54) is 18.8 Å². The zero-order valence-electron chi connectivity index (χ0n) is 13.0. The molecule has 0 bridgehead atoms. The lowest BCUT2D eigenvalue weighted by atomic mass is 10.2. The molecule has 5 aromatic rings. The highest BCUT2D eigenvalue weighted by molar-refractivity contribution is 7.12. The Bertz CT molecular complexity index is 1180. The van der Waals surface area contributed by atoms with Crippen molar-refractivity contribution in [3.05, 3.63) is 78.1 Å². The molecule has 120 valence electrons. The van der Waals surface area contributed by atoms with Crippen molar-refractivity contribution < 1.29 is 0 Å². The van der Waals surface area contributed by atoms with Crippen molar-refractivity contribution in [1.29, 1.82) is 0 Å². The van der Waals surface area contributed by atoms with E-state index in [1.54, 1.807) is 34.0 Å². The van der Waals surface area contributed by atoms with E-state index in [0.717, 1.165) is 22.1 Å². The van der Waals surface area contributed by atoms with Crippen LogP contribution in [0.3, 0.4) is 0 Å². The molecular formula is C20H12N2S3. The average Bonchev–Trinajstić information content (AvgIpc) is 3.38. The number of benzene rings is 1. The Morgan fingerprint density at radius 2 is 1.16 bits per heavy atom. The van der Waals surface area contributed by atoms with Gasteiger partial charge in [-0.2, -0.15) is 0 Å². The van der Waals surface area contributed by atoms with Crippen molar-refractivity contribution in [1.82, 2.24) is 9.97 Å². The van der Waals surface area contributed by atoms with Crippen LogP contribution in [0.25, 0.3) is 34.2 Å². The lowest BCUT2D eigenvalue weighted by Crippen LogP contribution is -1.97. The molecule has 0 aliphatic carbocycles. The summed E-state index contributed by atoms with van der Waals surface area (Å²) in [6.07, 6.45) is 4.43. The third-order valence-corrected chi connectivity index (χ3v) is 6.59. The number of hydrogen-bond donors (Lipinski definition) is 0. The van der Waals surface area contributed by atoms with E-state index in [9.17, 15) is 0 Å². The van der Waals surface area contributed by atoms with Crippen LogP contribution in [0.4, 0.5) is 0 Å². The van der Waals surface area contributed by atoms with Crippen LogP contribution in [0.15, 0.2) is 59.3 Å². The van der Waals surface area contributed by atoms with Gasteiger partial charge in [0.15, 0.2) is 0 Å². The van der Waals surface area contributed by atoms with Crippen molar-refractivity contribution in [3.63, 3.8) is 0 Å². The molecule has 0 aliphatic rings. The minimum Gasteiger partial charge on any atom is -0.243 e. The van der Waals surface area contributed by atoms with Gasteiger partial charge in [0.25, 0.3) is 0 Å². The van der Waals surface area contributed by atoms with Gasteiger partial charge < -0.3 is 0 Å². The molecule has 5 heteroatoms. The molecule has 5 rings (SSSR count). The summed E-state index contributed by atoms with van der Waals surface area (Å²) in [5.74, 6) is 0. The molecule has 0 saturated carbocycles. The third kappa shape index (κ3) is 2.80. The van der Waals surface area contributed by atoms with Crippen LogP contribution in [0.2, 0.25) is 0 Å². The van der Waals surface area contributed by atoms with Gasteiger partial charge in [-0.25, -0.2) is 9.97 Å². The fourth-order valence-corrected chi connectivity index (χ4v) is 5.31. The second-order valence-corrected chi connectivity index (χ2v) is 8.60. The Kier molecular flexibility index (Phi) is 3.70. The van der Waals surface area contributed by atoms with Crippen molar-refractivity contribution in [2.24, 2.45) is 0 Å². The van der Waals surface area contributed by atoms with E-state index in [2.05, 4.69) is 47.2 Å². The van der Waals surface area contributed by atoms with Crippen molar-refractivity contribution in [2.45, 2.75) is 0 Å². The molecule has 1 aromatic carbocycles. The lowest BCUT2D eigenvalue weighted by molar-refractivity contribution is 1.40. The summed E-state index contributed by atoms with van der Waals surface area (Å²) in [5, 5.41) is 4.20. The minimum atomic E-state index is 0.941. The molecule has 2 nitrogen and oxygen atoms in total. The molecular weight excluding hydrogens is 364 g/mol. The summed E-state index contributed by atoms with van der Waals surface area (Å²) in [6.45, 7) is 0. The zero-order valence-corrected chi connectivity index (χ0v) is 15.5. The Labute approximate surface area is 156 Å². The van der Waals surface area contributed by atoms with E-state index >= 15 is 0 Å². The Morgan fingerprint density at radius 3 is 1.60 bits per heavy atom. The monoisotopic (exact) mass is 376 g/mol. The van der Waals surface area contributed by atoms with Crippen LogP contribution in [0, 0.1) is 0 Å². The Balaban J connectivity index is 1.89. The molecule has 0 aliphatic heterocycles. The fourth-order valence-electron chi connectivity index (χ4n) is 2.76. The van der Waals surface area contributed by atoms with E-state index in [1.807, 2.05) is 24.3 Å². The van der Waals surface area contributed by atoms with Gasteiger partial charge in [0, 0.05) is 9.75 Å². The largest absolute Gasteiger partial charge is 0.243 e. The van der Waals surface area contributed by atoms with Crippen LogP contribution in [-0.2, 0) is 0 Å². The number of thiophene rings is 3. The summed E-state index contributed by atoms with van der Waals surface area (Å²) in [6, 6.07) is 16.5. The smallest absolute Gasteiger partial charge is 0.108 e. The van der Waals surface area contributed by atoms with Crippen molar-refractivity contribution in [3.8, 4) is 0 Å². The highest BCUT2D eigenvalue weighted by atomic mass is 32.1. The quantitative estimate of drug-likeness (QED) is 0.449. The average molecular weight is 377 g/mol. The highest BCUT2D eigenvalue weighted by Gasteiger charge is 2.08. The van der Waals surface area contributed by atoms with E-state index in [4.69, 9.17) is 9.97 Å². The van der Waals surface area contributed by atoms with Gasteiger partial charge in [-0.05, 0) is 47.2 Å². The predicted octanol–water partition coefficient (Wildman–Crippen LogP) is 4.63. The first-order chi connectivity index (χ1) is 12.4. The fraction of sp³-hybridized carbons (Fsp3) is 0. The van der Waals surface area contributed by atoms with Crippen molar-refractivity contribution in [2.75, 3.05) is 0 Å². The molecule has 0 amide bonds. The van der Waals surface area contributed by atoms with E-state index < -0.39 is 0 Å². The SMILES string of the molecule is C(/c1cccs1)=c1/s/c(=C\c2cccs2)c2nc3ccccc3nc12. The number of fused-ring (bicyclic) bond motifs is 2. The number of aromatic nitrogens is 2. The van der Waals surface area contributed by atoms with Crippen LogP contribution >= 0.6 is 34.0 Å². The lowest BCUT2D eigenvalue weighted by Gasteiger charge is -1.96. The molecule has 4 aromatic heterocycles. The summed E-state index contributed by atoms with van der Waals surface area (Å²) in [4.78, 5) is 12.3. The second kappa shape index (κ2) is 6.19. The third-order valence-electron chi connectivity index (χ3n) is 3.89. The van der Waals surface area contributed by atoms with Crippen LogP contribution in [0.1, 0.15) is 9.75 Å². The van der Waals surface area contributed by atoms with E-state index in [-0.39, 0.29) is 0 Å². The minimum absolute atomic E-state index is 0.941. The first-order valence-electron chi connectivity index (χ1n) is 7.83. The summed E-state index contributed by atoms with van der Waals surface area (Å²) in [5.41, 5.74) is 3.85. The Hall–Kier alpha value is -2.34. The molecule has 0 fully saturated rings. The van der Waals surface area contributed by atoms with Crippen LogP contribution < -0.4 is 9.06 Å². The number of rotatable bonds is 2. The van der Waals surface area contributed by atoms with Crippen LogP contribution in [-0.4, -0.2) is 9.97 Å². The van der Waals surface area contributed by atoms with Gasteiger partial charge in [-0.15, -0.1) is 34.0 Å². The van der Waals surface area contributed by atoms with Gasteiger partial charge in [-0.3, -0.25) is 0 Å². The molecule has 0 unspecified atom stereocenters. The maximum absolute atomic E-state index is 4.91. The second-order valence-electron chi connectivity index (χ2n) is 5.56. The molecule has 4 heterocycles. The van der Waals surface area contributed by atoms with E-state index in [0.29, 0.717) is 0 Å². The number of hydrogen-bond acceptors (Lipinski definition) is 5. The van der Waals surface area contributed by atoms with Gasteiger partial charge in [0.05, 0.1) is 20.1 Å². The number of para-hydroxylation sites is 2. The summed E-state index contributed by atoms with van der Waals surface area (Å²) in [7, 11) is 0. The van der Waals surface area contributed by atoms with Gasteiger partial charge >= 0.3 is 0 Å². The molecule has 0 radical (unpaired) electrons. The van der Waals surface area contributed by atoms with Crippen LogP contribution in [0.5, 0.6) is 0 Å². The molecule has 0 N–H and O–H groups in total. The number of nitrogens with zero attached hydrogens (tertiary/aromatic N) is 2. The maximum atomic E-state index is 4.91. The normalized spacial score (nSPS) is 13.3. The highest BCUT2D eigenvalue weighted by Crippen LogP contribution is 2.16. The predicted molar refractivity (Wildman–Crippen MR) is 110 cm³/mol. The van der Waals surface area contributed by atoms with Gasteiger partial charge in [-0.1, -0.05) is 24.3 Å². The zero-order chi connectivity index (χ0) is 16.6. The standard InChI is InChI=1S/C20H12N2S3/c1-2-8-16-15(7-1)21-19-17(11-13-5-3-9-23-13)25-18(20(19)22-16)12-14-6-4-10-24-14/h1-12H/b17-11-,18-12-. The van der Waals surface area contributed by atoms with Gasteiger partial charge in [0.1, 0.15) is 11.0 Å². The molecule has 0 saturated heterocycles. The first kappa shape index (κ1) is 15.0. The first-order valence-corrected chi connectivity index (χ1v) is 10.4.